The number of hydrogen-bond donors (Lipinski definition) is 2. The number of benzene rings is 1. The van der Waals surface area contributed by atoms with Crippen LogP contribution >= 0.6 is 0 Å². The van der Waals surface area contributed by atoms with Crippen molar-refractivity contribution in [3.05, 3.63) is 23.3 Å². The molecule has 2 aliphatic heterocycles. The van der Waals surface area contributed by atoms with Crippen molar-refractivity contribution >= 4 is 27.6 Å². The first-order valence-electron chi connectivity index (χ1n) is 7.92. The first-order chi connectivity index (χ1) is 11.2. The lowest BCUT2D eigenvalue weighted by molar-refractivity contribution is -0.140. The van der Waals surface area contributed by atoms with Crippen molar-refractivity contribution in [3.8, 4) is 0 Å². The third-order valence-corrected chi connectivity index (χ3v) is 5.93. The standard InChI is InChI=1S/C16H20N2O5S/c1-9(2)14(16(20)21)17-24(22,23)12-6-10-4-3-5-18-13(19)8-11(7-12)15(10)18/h6-7,9,14,17H,3-5,8H2,1-2H3,(H,20,21)/t14-/m0/s1. The minimum absolute atomic E-state index is 0.0148. The Morgan fingerprint density at radius 1 is 1.29 bits per heavy atom. The number of carboxylic acid groups (broad SMARTS) is 1. The van der Waals surface area contributed by atoms with Crippen molar-refractivity contribution in [2.75, 3.05) is 11.4 Å². The lowest BCUT2D eigenvalue weighted by Crippen LogP contribution is -2.44. The van der Waals surface area contributed by atoms with Crippen LogP contribution in [0.1, 0.15) is 31.4 Å². The van der Waals surface area contributed by atoms with Gasteiger partial charge in [0.25, 0.3) is 0 Å². The van der Waals surface area contributed by atoms with E-state index in [9.17, 15) is 23.1 Å². The summed E-state index contributed by atoms with van der Waals surface area (Å²) in [4.78, 5) is 25.1. The molecule has 2 aliphatic rings. The minimum Gasteiger partial charge on any atom is -0.480 e. The number of carboxylic acids is 1. The molecule has 0 spiro atoms. The number of carbonyl (C=O) groups is 2. The summed E-state index contributed by atoms with van der Waals surface area (Å²) in [5.74, 6) is -1.61. The summed E-state index contributed by atoms with van der Waals surface area (Å²) >= 11 is 0. The second-order valence-corrected chi connectivity index (χ2v) is 8.31. The Morgan fingerprint density at radius 3 is 2.58 bits per heavy atom. The lowest BCUT2D eigenvalue weighted by Gasteiger charge is -2.26. The number of sulfonamides is 1. The molecule has 0 aliphatic carbocycles. The molecule has 0 aromatic heterocycles. The van der Waals surface area contributed by atoms with E-state index in [4.69, 9.17) is 0 Å². The molecule has 0 radical (unpaired) electrons. The van der Waals surface area contributed by atoms with E-state index in [1.807, 2.05) is 0 Å². The molecule has 0 saturated carbocycles. The summed E-state index contributed by atoms with van der Waals surface area (Å²) in [5.41, 5.74) is 2.37. The Kier molecular flexibility index (Phi) is 4.13. The van der Waals surface area contributed by atoms with Gasteiger partial charge in [0.1, 0.15) is 6.04 Å². The van der Waals surface area contributed by atoms with Gasteiger partial charge in [0.15, 0.2) is 0 Å². The summed E-state index contributed by atoms with van der Waals surface area (Å²) in [7, 11) is -3.98. The Hall–Kier alpha value is -1.93. The summed E-state index contributed by atoms with van der Waals surface area (Å²) < 4.78 is 27.5. The lowest BCUT2D eigenvalue weighted by atomic mass is 10.0. The molecule has 3 rings (SSSR count). The maximum Gasteiger partial charge on any atom is 0.322 e. The van der Waals surface area contributed by atoms with E-state index in [1.54, 1.807) is 24.8 Å². The molecule has 130 valence electrons. The van der Waals surface area contributed by atoms with E-state index in [2.05, 4.69) is 4.72 Å². The molecular weight excluding hydrogens is 332 g/mol. The molecule has 0 saturated heterocycles. The number of amides is 1. The van der Waals surface area contributed by atoms with E-state index < -0.39 is 22.0 Å². The Labute approximate surface area is 140 Å². The predicted molar refractivity (Wildman–Crippen MR) is 87.4 cm³/mol. The van der Waals surface area contributed by atoms with Crippen LogP contribution in [-0.2, 0) is 32.5 Å². The van der Waals surface area contributed by atoms with Crippen LogP contribution < -0.4 is 9.62 Å². The number of rotatable bonds is 5. The van der Waals surface area contributed by atoms with Crippen LogP contribution in [0, 0.1) is 5.92 Å². The minimum atomic E-state index is -3.98. The topological polar surface area (TPSA) is 104 Å². The van der Waals surface area contributed by atoms with Gasteiger partial charge in [-0.3, -0.25) is 9.59 Å². The van der Waals surface area contributed by atoms with Crippen LogP contribution in [0.5, 0.6) is 0 Å². The van der Waals surface area contributed by atoms with E-state index in [-0.39, 0.29) is 23.1 Å². The molecule has 0 fully saturated rings. The van der Waals surface area contributed by atoms with E-state index in [1.165, 1.54) is 6.07 Å². The third kappa shape index (κ3) is 2.80. The molecule has 2 heterocycles. The van der Waals surface area contributed by atoms with Crippen molar-refractivity contribution in [2.45, 2.75) is 44.0 Å². The first-order valence-corrected chi connectivity index (χ1v) is 9.40. The van der Waals surface area contributed by atoms with Gasteiger partial charge in [-0.2, -0.15) is 4.72 Å². The van der Waals surface area contributed by atoms with Gasteiger partial charge in [0.2, 0.25) is 15.9 Å². The average Bonchev–Trinajstić information content (AvgIpc) is 2.82. The number of aliphatic carboxylic acids is 1. The zero-order chi connectivity index (χ0) is 17.6. The SMILES string of the molecule is CC(C)[C@H](NS(=O)(=O)c1cc2c3c(c1)CC(=O)N3CCC2)C(=O)O. The molecule has 0 unspecified atom stereocenters. The van der Waals surface area contributed by atoms with Gasteiger partial charge >= 0.3 is 5.97 Å². The van der Waals surface area contributed by atoms with Gasteiger partial charge in [-0.25, -0.2) is 8.42 Å². The van der Waals surface area contributed by atoms with Crippen molar-refractivity contribution in [1.29, 1.82) is 0 Å². The smallest absolute Gasteiger partial charge is 0.322 e. The highest BCUT2D eigenvalue weighted by molar-refractivity contribution is 7.89. The molecule has 1 atom stereocenters. The maximum atomic E-state index is 12.6. The number of hydrogen-bond acceptors (Lipinski definition) is 4. The highest BCUT2D eigenvalue weighted by Gasteiger charge is 2.35. The zero-order valence-corrected chi connectivity index (χ0v) is 14.4. The normalized spacial score (nSPS) is 18.0. The maximum absolute atomic E-state index is 12.6. The highest BCUT2D eigenvalue weighted by Crippen LogP contribution is 2.38. The molecule has 2 N–H and O–H groups in total. The second-order valence-electron chi connectivity index (χ2n) is 6.60. The fourth-order valence-corrected chi connectivity index (χ4v) is 4.75. The average molecular weight is 352 g/mol. The summed E-state index contributed by atoms with van der Waals surface area (Å²) in [5, 5.41) is 9.21. The monoisotopic (exact) mass is 352 g/mol. The van der Waals surface area contributed by atoms with E-state index in [0.29, 0.717) is 18.5 Å². The molecule has 1 aromatic carbocycles. The zero-order valence-electron chi connectivity index (χ0n) is 13.6. The molecule has 24 heavy (non-hydrogen) atoms. The number of nitrogens with zero attached hydrogens (tertiary/aromatic N) is 1. The molecule has 7 nitrogen and oxygen atoms in total. The summed E-state index contributed by atoms with van der Waals surface area (Å²) in [6.45, 7) is 3.95. The summed E-state index contributed by atoms with van der Waals surface area (Å²) in [6, 6.07) is 1.85. The number of aryl methyl sites for hydroxylation is 1. The molecule has 1 amide bonds. The van der Waals surface area contributed by atoms with E-state index >= 15 is 0 Å². The van der Waals surface area contributed by atoms with Crippen LogP contribution in [0.4, 0.5) is 5.69 Å². The van der Waals surface area contributed by atoms with Gasteiger partial charge < -0.3 is 10.0 Å². The van der Waals surface area contributed by atoms with Crippen LogP contribution in [0.3, 0.4) is 0 Å². The molecular formula is C16H20N2O5S. The van der Waals surface area contributed by atoms with Crippen LogP contribution in [0.15, 0.2) is 17.0 Å². The fourth-order valence-electron chi connectivity index (χ4n) is 3.31. The quantitative estimate of drug-likeness (QED) is 0.820. The third-order valence-electron chi connectivity index (χ3n) is 4.51. The molecule has 8 heteroatoms. The number of nitrogens with one attached hydrogen (secondary N) is 1. The molecule has 1 aromatic rings. The fraction of sp³-hybridized carbons (Fsp3) is 0.500. The van der Waals surface area contributed by atoms with Crippen molar-refractivity contribution in [1.82, 2.24) is 4.72 Å². The van der Waals surface area contributed by atoms with Gasteiger partial charge in [-0.1, -0.05) is 13.8 Å². The molecule has 0 bridgehead atoms. The van der Waals surface area contributed by atoms with Crippen LogP contribution in [0.25, 0.3) is 0 Å². The second kappa shape index (κ2) is 5.86. The van der Waals surface area contributed by atoms with Gasteiger partial charge in [0, 0.05) is 6.54 Å². The Balaban J connectivity index is 2.00. The van der Waals surface area contributed by atoms with Gasteiger partial charge in [-0.05, 0) is 42.0 Å². The Bertz CT molecular complexity index is 816. The van der Waals surface area contributed by atoms with E-state index in [0.717, 1.165) is 17.7 Å². The van der Waals surface area contributed by atoms with Gasteiger partial charge in [0.05, 0.1) is 17.0 Å². The van der Waals surface area contributed by atoms with Crippen LogP contribution in [-0.4, -0.2) is 38.0 Å². The predicted octanol–water partition coefficient (Wildman–Crippen LogP) is 0.909. The largest absolute Gasteiger partial charge is 0.480 e. The first kappa shape index (κ1) is 16.9. The number of carbonyl (C=O) groups excluding carboxylic acids is 1. The van der Waals surface area contributed by atoms with Crippen molar-refractivity contribution in [2.24, 2.45) is 5.92 Å². The highest BCUT2D eigenvalue weighted by atomic mass is 32.2. The van der Waals surface area contributed by atoms with Crippen molar-refractivity contribution in [3.63, 3.8) is 0 Å². The van der Waals surface area contributed by atoms with Crippen LogP contribution in [0.2, 0.25) is 0 Å². The number of anilines is 1. The van der Waals surface area contributed by atoms with Gasteiger partial charge in [-0.15, -0.1) is 0 Å². The van der Waals surface area contributed by atoms with Crippen molar-refractivity contribution < 1.29 is 23.1 Å². The summed E-state index contributed by atoms with van der Waals surface area (Å²) in [6.07, 6.45) is 1.69. The Morgan fingerprint density at radius 2 is 1.96 bits per heavy atom.